The Balaban J connectivity index is 2.03. The molecule has 0 aromatic heterocycles. The standard InChI is InChI=1S/C24H31NO2/c1-16-12-17(2)20(18(3)13-16)15-25-14-19-10-8-9-11-21(19)24(25,7)22(26)27-23(4,5)6/h8-13H,14-15H2,1-7H3. The van der Waals surface area contributed by atoms with Gasteiger partial charge in [-0.15, -0.1) is 0 Å². The summed E-state index contributed by atoms with van der Waals surface area (Å²) in [5.74, 6) is -0.178. The highest BCUT2D eigenvalue weighted by Gasteiger charge is 2.49. The molecule has 3 rings (SSSR count). The first-order valence-corrected chi connectivity index (χ1v) is 9.66. The van der Waals surface area contributed by atoms with Gasteiger partial charge >= 0.3 is 5.97 Å². The fraction of sp³-hybridized carbons (Fsp3) is 0.458. The molecule has 0 aliphatic carbocycles. The molecular formula is C24H31NO2. The van der Waals surface area contributed by atoms with Crippen molar-refractivity contribution < 1.29 is 9.53 Å². The van der Waals surface area contributed by atoms with Crippen molar-refractivity contribution in [3.8, 4) is 0 Å². The number of esters is 1. The third-order valence-electron chi connectivity index (χ3n) is 5.52. The van der Waals surface area contributed by atoms with Crippen molar-refractivity contribution >= 4 is 5.97 Å². The molecule has 144 valence electrons. The molecule has 0 radical (unpaired) electrons. The van der Waals surface area contributed by atoms with Gasteiger partial charge in [0.2, 0.25) is 0 Å². The van der Waals surface area contributed by atoms with Crippen molar-refractivity contribution in [2.75, 3.05) is 0 Å². The second-order valence-electron chi connectivity index (χ2n) is 8.96. The van der Waals surface area contributed by atoms with E-state index in [1.165, 1.54) is 27.8 Å². The van der Waals surface area contributed by atoms with Crippen LogP contribution in [-0.4, -0.2) is 16.5 Å². The molecule has 2 aromatic carbocycles. The Morgan fingerprint density at radius 3 is 2.30 bits per heavy atom. The van der Waals surface area contributed by atoms with E-state index in [1.54, 1.807) is 0 Å². The number of carbonyl (C=O) groups excluding carboxylic acids is 1. The topological polar surface area (TPSA) is 29.5 Å². The van der Waals surface area contributed by atoms with Crippen LogP contribution in [0.2, 0.25) is 0 Å². The highest BCUT2D eigenvalue weighted by molar-refractivity contribution is 5.84. The molecule has 1 atom stereocenters. The molecule has 0 saturated heterocycles. The Hall–Kier alpha value is -2.13. The van der Waals surface area contributed by atoms with Gasteiger partial charge in [0, 0.05) is 13.1 Å². The molecule has 27 heavy (non-hydrogen) atoms. The highest BCUT2D eigenvalue weighted by Crippen LogP contribution is 2.42. The molecule has 1 heterocycles. The van der Waals surface area contributed by atoms with Crippen molar-refractivity contribution in [2.24, 2.45) is 0 Å². The molecule has 0 saturated carbocycles. The van der Waals surface area contributed by atoms with Gasteiger partial charge in [-0.1, -0.05) is 42.0 Å². The lowest BCUT2D eigenvalue weighted by Crippen LogP contribution is -2.48. The number of aryl methyl sites for hydroxylation is 3. The molecule has 1 aliphatic rings. The number of fused-ring (bicyclic) bond motifs is 1. The van der Waals surface area contributed by atoms with Gasteiger partial charge in [-0.2, -0.15) is 0 Å². The van der Waals surface area contributed by atoms with Gasteiger partial charge in [-0.25, -0.2) is 4.79 Å². The van der Waals surface area contributed by atoms with Crippen LogP contribution in [0, 0.1) is 20.8 Å². The van der Waals surface area contributed by atoms with E-state index in [0.29, 0.717) is 0 Å². The molecule has 0 amide bonds. The van der Waals surface area contributed by atoms with Crippen molar-refractivity contribution in [1.29, 1.82) is 0 Å². The maximum Gasteiger partial charge on any atom is 0.331 e. The number of ether oxygens (including phenoxy) is 1. The van der Waals surface area contributed by atoms with Gasteiger partial charge in [0.15, 0.2) is 0 Å². The van der Waals surface area contributed by atoms with Crippen LogP contribution in [-0.2, 0) is 28.2 Å². The second-order valence-corrected chi connectivity index (χ2v) is 8.96. The summed E-state index contributed by atoms with van der Waals surface area (Å²) in [6.07, 6.45) is 0. The van der Waals surface area contributed by atoms with Crippen LogP contribution in [0.4, 0.5) is 0 Å². The number of carbonyl (C=O) groups is 1. The first-order chi connectivity index (χ1) is 12.5. The number of benzene rings is 2. The van der Waals surface area contributed by atoms with Gasteiger partial charge in [-0.3, -0.25) is 4.90 Å². The SMILES string of the molecule is Cc1cc(C)c(CN2Cc3ccccc3C2(C)C(=O)OC(C)(C)C)c(C)c1. The monoisotopic (exact) mass is 365 g/mol. The first-order valence-electron chi connectivity index (χ1n) is 9.66. The van der Waals surface area contributed by atoms with E-state index in [0.717, 1.165) is 18.7 Å². The van der Waals surface area contributed by atoms with E-state index in [4.69, 9.17) is 4.74 Å². The maximum atomic E-state index is 13.3. The lowest BCUT2D eigenvalue weighted by Gasteiger charge is -2.36. The quantitative estimate of drug-likeness (QED) is 0.702. The summed E-state index contributed by atoms with van der Waals surface area (Å²) in [4.78, 5) is 15.6. The van der Waals surface area contributed by atoms with Crippen molar-refractivity contribution in [3.63, 3.8) is 0 Å². The number of hydrogen-bond donors (Lipinski definition) is 0. The van der Waals surface area contributed by atoms with Crippen molar-refractivity contribution in [1.82, 2.24) is 4.90 Å². The summed E-state index contributed by atoms with van der Waals surface area (Å²) in [5, 5.41) is 0. The summed E-state index contributed by atoms with van der Waals surface area (Å²) < 4.78 is 5.85. The van der Waals surface area contributed by atoms with Crippen LogP contribution in [0.1, 0.15) is 61.1 Å². The zero-order chi connectivity index (χ0) is 20.0. The molecule has 2 aromatic rings. The summed E-state index contributed by atoms with van der Waals surface area (Å²) in [7, 11) is 0. The lowest BCUT2D eigenvalue weighted by atomic mass is 9.90. The number of nitrogens with zero attached hydrogens (tertiary/aromatic N) is 1. The minimum atomic E-state index is -0.784. The molecule has 0 N–H and O–H groups in total. The van der Waals surface area contributed by atoms with Gasteiger partial charge < -0.3 is 4.74 Å². The fourth-order valence-electron chi connectivity index (χ4n) is 4.15. The van der Waals surface area contributed by atoms with Gasteiger partial charge in [-0.05, 0) is 76.3 Å². The van der Waals surface area contributed by atoms with Crippen LogP contribution in [0.5, 0.6) is 0 Å². The minimum Gasteiger partial charge on any atom is -0.458 e. The molecule has 1 aliphatic heterocycles. The molecule has 0 spiro atoms. The third kappa shape index (κ3) is 3.66. The van der Waals surface area contributed by atoms with Gasteiger partial charge in [0.1, 0.15) is 11.1 Å². The Bertz CT molecular complexity index is 855. The van der Waals surface area contributed by atoms with E-state index in [9.17, 15) is 4.79 Å². The predicted octanol–water partition coefficient (Wildman–Crippen LogP) is 5.18. The molecule has 0 fully saturated rings. The lowest BCUT2D eigenvalue weighted by molar-refractivity contribution is -0.169. The smallest absolute Gasteiger partial charge is 0.331 e. The molecular weight excluding hydrogens is 334 g/mol. The van der Waals surface area contributed by atoms with Crippen LogP contribution in [0.25, 0.3) is 0 Å². The average molecular weight is 366 g/mol. The zero-order valence-corrected chi connectivity index (χ0v) is 17.6. The average Bonchev–Trinajstić information content (AvgIpc) is 2.83. The van der Waals surface area contributed by atoms with Crippen molar-refractivity contribution in [3.05, 3.63) is 69.8 Å². The van der Waals surface area contributed by atoms with Crippen LogP contribution in [0.15, 0.2) is 36.4 Å². The second kappa shape index (κ2) is 6.79. The van der Waals surface area contributed by atoms with Crippen LogP contribution < -0.4 is 0 Å². The van der Waals surface area contributed by atoms with E-state index in [2.05, 4.69) is 49.9 Å². The highest BCUT2D eigenvalue weighted by atomic mass is 16.6. The van der Waals surface area contributed by atoms with Crippen LogP contribution in [0.3, 0.4) is 0 Å². The largest absolute Gasteiger partial charge is 0.458 e. The molecule has 3 nitrogen and oxygen atoms in total. The first kappa shape index (κ1) is 19.6. The predicted molar refractivity (Wildman–Crippen MR) is 110 cm³/mol. The van der Waals surface area contributed by atoms with Crippen LogP contribution >= 0.6 is 0 Å². The Kier molecular flexibility index (Phi) is 4.94. The molecule has 3 heteroatoms. The maximum absolute atomic E-state index is 13.3. The summed E-state index contributed by atoms with van der Waals surface area (Å²) >= 11 is 0. The Morgan fingerprint density at radius 1 is 1.11 bits per heavy atom. The van der Waals surface area contributed by atoms with E-state index in [-0.39, 0.29) is 5.97 Å². The fourth-order valence-corrected chi connectivity index (χ4v) is 4.15. The Labute approximate surface area is 163 Å². The van der Waals surface area contributed by atoms with Gasteiger partial charge in [0.05, 0.1) is 0 Å². The summed E-state index contributed by atoms with van der Waals surface area (Å²) in [6.45, 7) is 15.7. The number of hydrogen-bond acceptors (Lipinski definition) is 3. The Morgan fingerprint density at radius 2 is 1.70 bits per heavy atom. The van der Waals surface area contributed by atoms with Gasteiger partial charge in [0.25, 0.3) is 0 Å². The third-order valence-corrected chi connectivity index (χ3v) is 5.52. The van der Waals surface area contributed by atoms with E-state index < -0.39 is 11.1 Å². The minimum absolute atomic E-state index is 0.178. The summed E-state index contributed by atoms with van der Waals surface area (Å²) in [6, 6.07) is 12.7. The normalized spacial score (nSPS) is 19.8. The number of rotatable bonds is 3. The summed E-state index contributed by atoms with van der Waals surface area (Å²) in [5.41, 5.74) is 6.07. The van der Waals surface area contributed by atoms with E-state index >= 15 is 0 Å². The van der Waals surface area contributed by atoms with E-state index in [1.807, 2.05) is 39.8 Å². The zero-order valence-electron chi connectivity index (χ0n) is 17.6. The molecule has 0 bridgehead atoms. The van der Waals surface area contributed by atoms with Crippen molar-refractivity contribution in [2.45, 2.75) is 72.7 Å². The molecule has 1 unspecified atom stereocenters.